The Labute approximate surface area is 114 Å². The third kappa shape index (κ3) is 3.16. The van der Waals surface area contributed by atoms with E-state index in [9.17, 15) is 4.79 Å². The highest BCUT2D eigenvalue weighted by molar-refractivity contribution is 5.97. The first-order chi connectivity index (χ1) is 9.15. The lowest BCUT2D eigenvalue weighted by molar-refractivity contribution is 0.0952. The summed E-state index contributed by atoms with van der Waals surface area (Å²) in [7, 11) is 0. The van der Waals surface area contributed by atoms with Crippen molar-refractivity contribution < 1.29 is 9.53 Å². The van der Waals surface area contributed by atoms with Crippen LogP contribution in [0, 0.1) is 0 Å². The average Bonchev–Trinajstić information content (AvgIpc) is 3.10. The number of hydrogen-bond acceptors (Lipinski definition) is 3. The number of carbonyl (C=O) groups excluding carboxylic acids is 1. The third-order valence-corrected chi connectivity index (χ3v) is 4.10. The summed E-state index contributed by atoms with van der Waals surface area (Å²) in [5, 5.41) is 0. The van der Waals surface area contributed by atoms with E-state index in [2.05, 4.69) is 0 Å². The number of hydrogen-bond donors (Lipinski definition) is 1. The molecule has 0 heterocycles. The summed E-state index contributed by atoms with van der Waals surface area (Å²) in [5.41, 5.74) is 6.73. The van der Waals surface area contributed by atoms with Gasteiger partial charge in [-0.3, -0.25) is 4.79 Å². The molecule has 0 radical (unpaired) electrons. The molecule has 102 valence electrons. The number of Topliss-reactive ketones (excluding diaryl/α,β-unsaturated/α-hetero) is 1. The first-order valence-corrected chi connectivity index (χ1v) is 7.23. The molecular formula is C16H21NO2. The molecule has 2 aliphatic rings. The summed E-state index contributed by atoms with van der Waals surface area (Å²) >= 11 is 0. The molecule has 0 amide bonds. The van der Waals surface area contributed by atoms with E-state index in [0.717, 1.165) is 49.8 Å². The fourth-order valence-corrected chi connectivity index (χ4v) is 2.80. The first-order valence-electron chi connectivity index (χ1n) is 7.23. The lowest BCUT2D eigenvalue weighted by Crippen LogP contribution is -2.38. The van der Waals surface area contributed by atoms with Crippen LogP contribution >= 0.6 is 0 Å². The highest BCUT2D eigenvalue weighted by Gasteiger charge is 2.32. The Morgan fingerprint density at radius 3 is 2.74 bits per heavy atom. The van der Waals surface area contributed by atoms with Crippen LogP contribution < -0.4 is 10.5 Å². The minimum Gasteiger partial charge on any atom is -0.490 e. The van der Waals surface area contributed by atoms with Crippen LogP contribution in [0.25, 0.3) is 0 Å². The Hall–Kier alpha value is -1.35. The van der Waals surface area contributed by atoms with Gasteiger partial charge in [-0.1, -0.05) is 25.0 Å². The van der Waals surface area contributed by atoms with Crippen LogP contribution in [0.3, 0.4) is 0 Å². The van der Waals surface area contributed by atoms with Crippen molar-refractivity contribution in [2.75, 3.05) is 0 Å². The molecule has 0 bridgehead atoms. The van der Waals surface area contributed by atoms with E-state index < -0.39 is 0 Å². The van der Waals surface area contributed by atoms with Gasteiger partial charge in [0.05, 0.1) is 6.10 Å². The lowest BCUT2D eigenvalue weighted by Gasteiger charge is -2.22. The summed E-state index contributed by atoms with van der Waals surface area (Å²) in [6.07, 6.45) is 7.31. The maximum atomic E-state index is 12.3. The van der Waals surface area contributed by atoms with Crippen molar-refractivity contribution in [2.45, 2.75) is 56.6 Å². The van der Waals surface area contributed by atoms with Gasteiger partial charge in [0, 0.05) is 17.5 Å². The van der Waals surface area contributed by atoms with Crippen LogP contribution in [-0.2, 0) is 0 Å². The Morgan fingerprint density at radius 2 is 2.05 bits per heavy atom. The molecule has 3 rings (SSSR count). The van der Waals surface area contributed by atoms with Crippen LogP contribution in [0.15, 0.2) is 24.3 Å². The second-order valence-corrected chi connectivity index (χ2v) is 6.01. The number of nitrogens with two attached hydrogens (primary N) is 1. The number of rotatable bonds is 5. The van der Waals surface area contributed by atoms with E-state index in [1.165, 1.54) is 0 Å². The van der Waals surface area contributed by atoms with Gasteiger partial charge in [-0.2, -0.15) is 0 Å². The molecule has 1 aromatic carbocycles. The van der Waals surface area contributed by atoms with E-state index in [1.807, 2.05) is 24.3 Å². The number of ether oxygens (including phenoxy) is 1. The molecule has 19 heavy (non-hydrogen) atoms. The highest BCUT2D eigenvalue weighted by Crippen LogP contribution is 2.32. The molecule has 0 saturated heterocycles. The topological polar surface area (TPSA) is 52.3 Å². The average molecular weight is 259 g/mol. The van der Waals surface area contributed by atoms with Crippen LogP contribution in [0.2, 0.25) is 0 Å². The molecular weight excluding hydrogens is 238 g/mol. The molecule has 0 spiro atoms. The molecule has 3 heteroatoms. The molecule has 2 aliphatic carbocycles. The van der Waals surface area contributed by atoms with Gasteiger partial charge in [0.1, 0.15) is 5.75 Å². The van der Waals surface area contributed by atoms with E-state index in [0.29, 0.717) is 12.5 Å². The maximum Gasteiger partial charge on any atom is 0.164 e. The molecule has 0 aliphatic heterocycles. The van der Waals surface area contributed by atoms with Crippen LogP contribution in [0.5, 0.6) is 5.75 Å². The van der Waals surface area contributed by atoms with Crippen molar-refractivity contribution in [1.82, 2.24) is 0 Å². The van der Waals surface area contributed by atoms with Crippen LogP contribution in [-0.4, -0.2) is 17.4 Å². The van der Waals surface area contributed by atoms with Gasteiger partial charge in [0.25, 0.3) is 0 Å². The van der Waals surface area contributed by atoms with Crippen molar-refractivity contribution >= 4 is 5.78 Å². The minimum absolute atomic E-state index is 0.144. The zero-order valence-corrected chi connectivity index (χ0v) is 11.2. The standard InChI is InChI=1S/C16H21NO2/c17-16(8-1-2-9-16)11-15(18)12-4-3-5-14(10-12)19-13-6-7-13/h3-5,10,13H,1-2,6-9,11,17H2. The van der Waals surface area contributed by atoms with Gasteiger partial charge >= 0.3 is 0 Å². The van der Waals surface area contributed by atoms with Crippen LogP contribution in [0.4, 0.5) is 0 Å². The quantitative estimate of drug-likeness (QED) is 0.827. The normalized spacial score (nSPS) is 21.3. The predicted octanol–water partition coefficient (Wildman–Crippen LogP) is 3.07. The Kier molecular flexibility index (Phi) is 3.31. The number of ketones is 1. The number of carbonyl (C=O) groups is 1. The largest absolute Gasteiger partial charge is 0.490 e. The second kappa shape index (κ2) is 4.97. The molecule has 0 aromatic heterocycles. The van der Waals surface area contributed by atoms with E-state index in [4.69, 9.17) is 10.5 Å². The monoisotopic (exact) mass is 259 g/mol. The zero-order chi connectivity index (χ0) is 13.3. The predicted molar refractivity (Wildman–Crippen MR) is 74.4 cm³/mol. The maximum absolute atomic E-state index is 12.3. The van der Waals surface area contributed by atoms with Crippen molar-refractivity contribution in [3.63, 3.8) is 0 Å². The van der Waals surface area contributed by atoms with E-state index >= 15 is 0 Å². The third-order valence-electron chi connectivity index (χ3n) is 4.10. The smallest absolute Gasteiger partial charge is 0.164 e. The number of benzene rings is 1. The molecule has 0 atom stereocenters. The first kappa shape index (κ1) is 12.7. The Morgan fingerprint density at radius 1 is 1.32 bits per heavy atom. The fourth-order valence-electron chi connectivity index (χ4n) is 2.80. The second-order valence-electron chi connectivity index (χ2n) is 6.01. The minimum atomic E-state index is -0.273. The summed E-state index contributed by atoms with van der Waals surface area (Å²) in [6, 6.07) is 7.53. The molecule has 0 unspecified atom stereocenters. The summed E-state index contributed by atoms with van der Waals surface area (Å²) in [4.78, 5) is 12.3. The van der Waals surface area contributed by atoms with Crippen molar-refractivity contribution in [1.29, 1.82) is 0 Å². The fraction of sp³-hybridized carbons (Fsp3) is 0.562. The van der Waals surface area contributed by atoms with Crippen molar-refractivity contribution in [2.24, 2.45) is 5.73 Å². The molecule has 1 aromatic rings. The summed E-state index contributed by atoms with van der Waals surface area (Å²) < 4.78 is 5.73. The summed E-state index contributed by atoms with van der Waals surface area (Å²) in [5.74, 6) is 0.955. The van der Waals surface area contributed by atoms with Crippen LogP contribution in [0.1, 0.15) is 55.3 Å². The van der Waals surface area contributed by atoms with E-state index in [-0.39, 0.29) is 11.3 Å². The van der Waals surface area contributed by atoms with Gasteiger partial charge in [0.2, 0.25) is 0 Å². The van der Waals surface area contributed by atoms with Gasteiger partial charge < -0.3 is 10.5 Å². The molecule has 2 N–H and O–H groups in total. The highest BCUT2D eigenvalue weighted by atomic mass is 16.5. The molecule has 2 fully saturated rings. The van der Waals surface area contributed by atoms with Gasteiger partial charge in [-0.15, -0.1) is 0 Å². The molecule has 3 nitrogen and oxygen atoms in total. The van der Waals surface area contributed by atoms with Gasteiger partial charge in [-0.25, -0.2) is 0 Å². The Balaban J connectivity index is 1.68. The van der Waals surface area contributed by atoms with E-state index in [1.54, 1.807) is 0 Å². The van der Waals surface area contributed by atoms with Crippen molar-refractivity contribution in [3.05, 3.63) is 29.8 Å². The SMILES string of the molecule is NC1(CC(=O)c2cccc(OC3CC3)c2)CCCC1. The zero-order valence-electron chi connectivity index (χ0n) is 11.2. The lowest BCUT2D eigenvalue weighted by atomic mass is 9.90. The van der Waals surface area contributed by atoms with Gasteiger partial charge in [-0.05, 0) is 37.8 Å². The summed E-state index contributed by atoms with van der Waals surface area (Å²) in [6.45, 7) is 0. The Bertz CT molecular complexity index is 473. The van der Waals surface area contributed by atoms with Gasteiger partial charge in [0.15, 0.2) is 5.78 Å². The molecule has 2 saturated carbocycles. The van der Waals surface area contributed by atoms with Crippen molar-refractivity contribution in [3.8, 4) is 5.75 Å².